The van der Waals surface area contributed by atoms with E-state index in [0.29, 0.717) is 10.0 Å². The number of morpholine rings is 1. The van der Waals surface area contributed by atoms with Crippen LogP contribution in [0, 0.1) is 0 Å². The summed E-state index contributed by atoms with van der Waals surface area (Å²) in [5.74, 6) is 0. The number of ether oxygens (including phenoxy) is 1. The van der Waals surface area contributed by atoms with Crippen molar-refractivity contribution >= 4 is 23.2 Å². The van der Waals surface area contributed by atoms with Gasteiger partial charge in [0.25, 0.3) is 0 Å². The van der Waals surface area contributed by atoms with Crippen LogP contribution in [-0.4, -0.2) is 44.3 Å². The first-order valence-electron chi connectivity index (χ1n) is 6.61. The van der Waals surface area contributed by atoms with Crippen LogP contribution in [-0.2, 0) is 4.74 Å². The quantitative estimate of drug-likeness (QED) is 0.925. The number of hydrogen-bond acceptors (Lipinski definition) is 3. The van der Waals surface area contributed by atoms with E-state index >= 15 is 0 Å². The lowest BCUT2D eigenvalue weighted by molar-refractivity contribution is -0.0611. The maximum absolute atomic E-state index is 6.13. The van der Waals surface area contributed by atoms with Crippen molar-refractivity contribution in [3.05, 3.63) is 33.8 Å². The molecule has 1 heterocycles. The molecule has 0 radical (unpaired) electrons. The van der Waals surface area contributed by atoms with Crippen LogP contribution in [0.3, 0.4) is 0 Å². The van der Waals surface area contributed by atoms with Gasteiger partial charge < -0.3 is 10.1 Å². The Hall–Kier alpha value is -0.320. The van der Waals surface area contributed by atoms with Crippen LogP contribution in [0.15, 0.2) is 18.2 Å². The predicted molar refractivity (Wildman–Crippen MR) is 80.1 cm³/mol. The largest absolute Gasteiger partial charge is 0.374 e. The summed E-state index contributed by atoms with van der Waals surface area (Å²) < 4.78 is 5.91. The Kier molecular flexibility index (Phi) is 5.48. The first-order valence-corrected chi connectivity index (χ1v) is 7.36. The monoisotopic (exact) mass is 302 g/mol. The molecular formula is C14H20Cl2N2O. The second-order valence-electron chi connectivity index (χ2n) is 4.82. The van der Waals surface area contributed by atoms with Crippen molar-refractivity contribution in [2.24, 2.45) is 0 Å². The lowest BCUT2D eigenvalue weighted by Crippen LogP contribution is -2.47. The molecule has 1 aromatic carbocycles. The van der Waals surface area contributed by atoms with Crippen molar-refractivity contribution in [2.45, 2.75) is 19.1 Å². The van der Waals surface area contributed by atoms with Gasteiger partial charge in [-0.15, -0.1) is 0 Å². The third-order valence-corrected chi connectivity index (χ3v) is 4.22. The van der Waals surface area contributed by atoms with E-state index in [0.717, 1.165) is 31.8 Å². The minimum Gasteiger partial charge on any atom is -0.374 e. The van der Waals surface area contributed by atoms with Crippen LogP contribution in [0.2, 0.25) is 10.0 Å². The van der Waals surface area contributed by atoms with Gasteiger partial charge in [0.15, 0.2) is 0 Å². The zero-order chi connectivity index (χ0) is 13.8. The Morgan fingerprint density at radius 3 is 2.84 bits per heavy atom. The lowest BCUT2D eigenvalue weighted by Gasteiger charge is -2.39. The second kappa shape index (κ2) is 6.91. The molecular weight excluding hydrogens is 283 g/mol. The summed E-state index contributed by atoms with van der Waals surface area (Å²) in [6, 6.07) is 6.04. The van der Waals surface area contributed by atoms with Crippen molar-refractivity contribution in [1.82, 2.24) is 10.2 Å². The number of halogens is 2. The number of likely N-dealkylation sites (N-methyl/N-ethyl adjacent to an activating group) is 2. The first kappa shape index (κ1) is 15.1. The molecule has 1 aliphatic rings. The molecule has 1 saturated heterocycles. The van der Waals surface area contributed by atoms with Gasteiger partial charge in [0.2, 0.25) is 0 Å². The Morgan fingerprint density at radius 1 is 1.37 bits per heavy atom. The Balaban J connectivity index is 2.22. The topological polar surface area (TPSA) is 24.5 Å². The van der Waals surface area contributed by atoms with Gasteiger partial charge in [-0.05, 0) is 31.3 Å². The highest BCUT2D eigenvalue weighted by Crippen LogP contribution is 2.32. The van der Waals surface area contributed by atoms with E-state index in [1.807, 2.05) is 18.2 Å². The summed E-state index contributed by atoms with van der Waals surface area (Å²) in [6.45, 7) is 5.57. The van der Waals surface area contributed by atoms with Crippen molar-refractivity contribution in [1.29, 1.82) is 0 Å². The van der Waals surface area contributed by atoms with Gasteiger partial charge in [-0.3, -0.25) is 4.90 Å². The highest BCUT2D eigenvalue weighted by atomic mass is 35.5. The van der Waals surface area contributed by atoms with Gasteiger partial charge in [0.1, 0.15) is 0 Å². The molecule has 1 aliphatic heterocycles. The first-order chi connectivity index (χ1) is 9.13. The summed E-state index contributed by atoms with van der Waals surface area (Å²) in [5.41, 5.74) is 1.15. The molecule has 2 rings (SSSR count). The molecule has 19 heavy (non-hydrogen) atoms. The smallest absolute Gasteiger partial charge is 0.0896 e. The Labute approximate surface area is 124 Å². The molecule has 2 unspecified atom stereocenters. The minimum atomic E-state index is 0.135. The number of nitrogens with zero attached hydrogens (tertiary/aromatic N) is 1. The summed E-state index contributed by atoms with van der Waals surface area (Å²) in [5, 5.41) is 4.54. The Morgan fingerprint density at radius 2 is 2.16 bits per heavy atom. The highest BCUT2D eigenvalue weighted by molar-refractivity contribution is 6.42. The van der Waals surface area contributed by atoms with E-state index in [9.17, 15) is 0 Å². The average Bonchev–Trinajstić information content (AvgIpc) is 2.40. The summed E-state index contributed by atoms with van der Waals surface area (Å²) in [7, 11) is 2.12. The fourth-order valence-corrected chi connectivity index (χ4v) is 2.79. The van der Waals surface area contributed by atoms with Gasteiger partial charge in [0.05, 0.1) is 28.8 Å². The number of nitrogens with one attached hydrogen (secondary N) is 1. The number of rotatable bonds is 4. The van der Waals surface area contributed by atoms with Crippen molar-refractivity contribution in [3.63, 3.8) is 0 Å². The molecule has 0 bridgehead atoms. The van der Waals surface area contributed by atoms with Crippen molar-refractivity contribution in [3.8, 4) is 0 Å². The fraction of sp³-hybridized carbons (Fsp3) is 0.571. The van der Waals surface area contributed by atoms with Gasteiger partial charge in [0, 0.05) is 13.1 Å². The second-order valence-corrected chi connectivity index (χ2v) is 5.63. The molecule has 2 atom stereocenters. The molecule has 106 valence electrons. The SMILES string of the molecule is CCNCC1OCCN(C)C1c1ccc(Cl)c(Cl)c1. The lowest BCUT2D eigenvalue weighted by atomic mass is 9.98. The molecule has 0 spiro atoms. The molecule has 1 fully saturated rings. The standard InChI is InChI=1S/C14H20Cl2N2O/c1-3-17-9-13-14(18(2)6-7-19-13)10-4-5-11(15)12(16)8-10/h4-5,8,13-14,17H,3,6-7,9H2,1-2H3. The predicted octanol–water partition coefficient (Wildman–Crippen LogP) is 2.97. The van der Waals surface area contributed by atoms with E-state index < -0.39 is 0 Å². The molecule has 0 aliphatic carbocycles. The van der Waals surface area contributed by atoms with Gasteiger partial charge in [-0.25, -0.2) is 0 Å². The summed E-state index contributed by atoms with van der Waals surface area (Å²) >= 11 is 12.1. The number of benzene rings is 1. The zero-order valence-electron chi connectivity index (χ0n) is 11.3. The molecule has 1 N–H and O–H groups in total. The molecule has 5 heteroatoms. The molecule has 0 saturated carbocycles. The van der Waals surface area contributed by atoms with Crippen LogP contribution in [0.4, 0.5) is 0 Å². The van der Waals surface area contributed by atoms with Crippen LogP contribution in [0.1, 0.15) is 18.5 Å². The summed E-state index contributed by atoms with van der Waals surface area (Å²) in [4.78, 5) is 2.31. The zero-order valence-corrected chi connectivity index (χ0v) is 12.8. The van der Waals surface area contributed by atoms with Crippen LogP contribution >= 0.6 is 23.2 Å². The number of hydrogen-bond donors (Lipinski definition) is 1. The highest BCUT2D eigenvalue weighted by Gasteiger charge is 2.31. The molecule has 0 aromatic heterocycles. The van der Waals surface area contributed by atoms with Crippen LogP contribution in [0.25, 0.3) is 0 Å². The van der Waals surface area contributed by atoms with E-state index in [1.165, 1.54) is 0 Å². The third kappa shape index (κ3) is 3.61. The van der Waals surface area contributed by atoms with Gasteiger partial charge in [-0.1, -0.05) is 36.2 Å². The Bertz CT molecular complexity index is 428. The van der Waals surface area contributed by atoms with Crippen molar-refractivity contribution < 1.29 is 4.74 Å². The molecule has 0 amide bonds. The van der Waals surface area contributed by atoms with Crippen molar-refractivity contribution in [2.75, 3.05) is 33.3 Å². The molecule has 1 aromatic rings. The van der Waals surface area contributed by atoms with E-state index in [2.05, 4.69) is 24.2 Å². The van der Waals surface area contributed by atoms with Crippen LogP contribution in [0.5, 0.6) is 0 Å². The van der Waals surface area contributed by atoms with E-state index in [1.54, 1.807) is 0 Å². The normalized spacial score (nSPS) is 24.6. The average molecular weight is 303 g/mol. The van der Waals surface area contributed by atoms with Crippen LogP contribution < -0.4 is 5.32 Å². The van der Waals surface area contributed by atoms with E-state index in [4.69, 9.17) is 27.9 Å². The van der Waals surface area contributed by atoms with E-state index in [-0.39, 0.29) is 12.1 Å². The molecule has 3 nitrogen and oxygen atoms in total. The van der Waals surface area contributed by atoms with Gasteiger partial charge in [-0.2, -0.15) is 0 Å². The maximum atomic E-state index is 6.13. The third-order valence-electron chi connectivity index (χ3n) is 3.48. The fourth-order valence-electron chi connectivity index (χ4n) is 2.48. The summed E-state index contributed by atoms with van der Waals surface area (Å²) in [6.07, 6.45) is 0.135. The minimum absolute atomic E-state index is 0.135. The maximum Gasteiger partial charge on any atom is 0.0896 e. The van der Waals surface area contributed by atoms with Gasteiger partial charge >= 0.3 is 0 Å².